The van der Waals surface area contributed by atoms with Gasteiger partial charge in [0.05, 0.1) is 6.54 Å². The first-order chi connectivity index (χ1) is 14.6. The normalized spacial score (nSPS) is 17.8. The second-order valence-corrected chi connectivity index (χ2v) is 7.86. The molecule has 0 radical (unpaired) electrons. The van der Waals surface area contributed by atoms with E-state index in [0.717, 1.165) is 44.8 Å². The number of hydrogen-bond donors (Lipinski definition) is 1. The van der Waals surface area contributed by atoms with Crippen molar-refractivity contribution in [3.05, 3.63) is 59.7 Å². The molecular formula is C23H28N4O3. The molecule has 0 saturated carbocycles. The Morgan fingerprint density at radius 1 is 1.03 bits per heavy atom. The molecule has 0 aromatic heterocycles. The number of rotatable bonds is 6. The van der Waals surface area contributed by atoms with E-state index in [-0.39, 0.29) is 12.0 Å². The average Bonchev–Trinajstić information content (AvgIpc) is 3.20. The van der Waals surface area contributed by atoms with Gasteiger partial charge in [0.15, 0.2) is 0 Å². The van der Waals surface area contributed by atoms with Crippen LogP contribution in [0, 0.1) is 0 Å². The van der Waals surface area contributed by atoms with Gasteiger partial charge >= 0.3 is 6.09 Å². The van der Waals surface area contributed by atoms with Crippen molar-refractivity contribution in [3.8, 4) is 0 Å². The van der Waals surface area contributed by atoms with Gasteiger partial charge in [0, 0.05) is 49.7 Å². The van der Waals surface area contributed by atoms with Gasteiger partial charge in [-0.3, -0.25) is 9.69 Å². The molecule has 7 nitrogen and oxygen atoms in total. The minimum atomic E-state index is -0.375. The van der Waals surface area contributed by atoms with Crippen LogP contribution in [0.1, 0.15) is 15.9 Å². The average molecular weight is 409 g/mol. The van der Waals surface area contributed by atoms with Crippen molar-refractivity contribution in [1.29, 1.82) is 0 Å². The minimum absolute atomic E-state index is 0.199. The van der Waals surface area contributed by atoms with E-state index in [2.05, 4.69) is 34.3 Å². The van der Waals surface area contributed by atoms with E-state index in [1.165, 1.54) is 10.5 Å². The van der Waals surface area contributed by atoms with E-state index < -0.39 is 0 Å². The highest BCUT2D eigenvalue weighted by atomic mass is 16.6. The molecule has 2 aliphatic heterocycles. The Morgan fingerprint density at radius 3 is 2.50 bits per heavy atom. The summed E-state index contributed by atoms with van der Waals surface area (Å²) < 4.78 is 4.97. The zero-order chi connectivity index (χ0) is 20.9. The fourth-order valence-corrected chi connectivity index (χ4v) is 3.76. The van der Waals surface area contributed by atoms with Crippen LogP contribution in [0.4, 0.5) is 16.2 Å². The minimum Gasteiger partial charge on any atom is -0.447 e. The van der Waals surface area contributed by atoms with E-state index in [0.29, 0.717) is 24.4 Å². The number of amides is 2. The molecule has 2 aliphatic rings. The van der Waals surface area contributed by atoms with E-state index in [4.69, 9.17) is 4.74 Å². The predicted molar refractivity (Wildman–Crippen MR) is 117 cm³/mol. The van der Waals surface area contributed by atoms with Crippen molar-refractivity contribution in [1.82, 2.24) is 9.80 Å². The lowest BCUT2D eigenvalue weighted by molar-refractivity contribution is 0.102. The van der Waals surface area contributed by atoms with Crippen molar-refractivity contribution in [2.24, 2.45) is 0 Å². The summed E-state index contributed by atoms with van der Waals surface area (Å²) in [6.45, 7) is 6.44. The smallest absolute Gasteiger partial charge is 0.414 e. The molecular weight excluding hydrogens is 380 g/mol. The summed E-state index contributed by atoms with van der Waals surface area (Å²) >= 11 is 0. The second kappa shape index (κ2) is 9.28. The molecule has 0 aliphatic carbocycles. The number of nitrogens with one attached hydrogen (secondary N) is 1. The Balaban J connectivity index is 1.32. The van der Waals surface area contributed by atoms with Crippen molar-refractivity contribution < 1.29 is 14.3 Å². The van der Waals surface area contributed by atoms with Crippen LogP contribution in [-0.4, -0.2) is 74.7 Å². The number of ether oxygens (including phenoxy) is 1. The molecule has 2 fully saturated rings. The summed E-state index contributed by atoms with van der Waals surface area (Å²) in [5, 5.41) is 2.94. The molecule has 158 valence electrons. The van der Waals surface area contributed by atoms with Crippen molar-refractivity contribution in [2.75, 3.05) is 63.1 Å². The second-order valence-electron chi connectivity index (χ2n) is 7.86. The third kappa shape index (κ3) is 4.98. The summed E-state index contributed by atoms with van der Waals surface area (Å²) in [7, 11) is 2.17. The quantitative estimate of drug-likeness (QED) is 0.796. The lowest BCUT2D eigenvalue weighted by Crippen LogP contribution is -2.45. The topological polar surface area (TPSA) is 65.1 Å². The number of cyclic esters (lactones) is 1. The highest BCUT2D eigenvalue weighted by Crippen LogP contribution is 2.21. The largest absolute Gasteiger partial charge is 0.447 e. The fraction of sp³-hybridized carbons (Fsp3) is 0.391. The van der Waals surface area contributed by atoms with Gasteiger partial charge in [-0.05, 0) is 49.4 Å². The molecule has 30 heavy (non-hydrogen) atoms. The number of carbonyl (C=O) groups is 2. The molecule has 2 heterocycles. The Labute approximate surface area is 177 Å². The standard InChI is InChI=1S/C23H28N4O3/c1-25-11-13-26(14-12-25)10-9-18-5-7-20(8-6-18)24-22(28)19-3-2-4-21(17-19)27-15-16-30-23(27)29/h2-8,17H,9-16H2,1H3,(H,24,28). The maximum Gasteiger partial charge on any atom is 0.414 e. The summed E-state index contributed by atoms with van der Waals surface area (Å²) in [6, 6.07) is 15.1. The first-order valence-corrected chi connectivity index (χ1v) is 10.4. The van der Waals surface area contributed by atoms with Gasteiger partial charge in [0.1, 0.15) is 6.61 Å². The number of carbonyl (C=O) groups excluding carboxylic acids is 2. The highest BCUT2D eigenvalue weighted by molar-refractivity contribution is 6.05. The molecule has 2 saturated heterocycles. The summed E-state index contributed by atoms with van der Waals surface area (Å²) in [5.41, 5.74) is 3.20. The van der Waals surface area contributed by atoms with E-state index in [9.17, 15) is 9.59 Å². The molecule has 2 aromatic rings. The van der Waals surface area contributed by atoms with Gasteiger partial charge in [0.25, 0.3) is 5.91 Å². The fourth-order valence-electron chi connectivity index (χ4n) is 3.76. The molecule has 2 amide bonds. The molecule has 7 heteroatoms. The lowest BCUT2D eigenvalue weighted by atomic mass is 10.1. The van der Waals surface area contributed by atoms with Gasteiger partial charge in [-0.15, -0.1) is 0 Å². The summed E-state index contributed by atoms with van der Waals surface area (Å²) in [5.74, 6) is -0.199. The van der Waals surface area contributed by atoms with Crippen molar-refractivity contribution in [2.45, 2.75) is 6.42 Å². The molecule has 1 N–H and O–H groups in total. The zero-order valence-electron chi connectivity index (χ0n) is 17.3. The number of hydrogen-bond acceptors (Lipinski definition) is 5. The molecule has 0 atom stereocenters. The summed E-state index contributed by atoms with van der Waals surface area (Å²) in [4.78, 5) is 30.8. The van der Waals surface area contributed by atoms with Gasteiger partial charge in [0.2, 0.25) is 0 Å². The SMILES string of the molecule is CN1CCN(CCc2ccc(NC(=O)c3cccc(N4CCOC4=O)c3)cc2)CC1. The number of benzene rings is 2. The predicted octanol–water partition coefficient (Wildman–Crippen LogP) is 2.69. The van der Waals surface area contributed by atoms with Crippen molar-refractivity contribution >= 4 is 23.4 Å². The molecule has 2 aromatic carbocycles. The van der Waals surface area contributed by atoms with Gasteiger partial charge in [-0.2, -0.15) is 0 Å². The molecule has 0 bridgehead atoms. The Morgan fingerprint density at radius 2 is 1.80 bits per heavy atom. The van der Waals surface area contributed by atoms with E-state index >= 15 is 0 Å². The van der Waals surface area contributed by atoms with Gasteiger partial charge in [-0.25, -0.2) is 4.79 Å². The number of likely N-dealkylation sites (N-methyl/N-ethyl adjacent to an activating group) is 1. The number of piperazine rings is 1. The van der Waals surface area contributed by atoms with Crippen molar-refractivity contribution in [3.63, 3.8) is 0 Å². The van der Waals surface area contributed by atoms with Crippen LogP contribution in [0.15, 0.2) is 48.5 Å². The molecule has 0 unspecified atom stereocenters. The van der Waals surface area contributed by atoms with Gasteiger partial charge < -0.3 is 19.9 Å². The maximum absolute atomic E-state index is 12.6. The van der Waals surface area contributed by atoms with Crippen LogP contribution in [0.3, 0.4) is 0 Å². The first kappa shape index (κ1) is 20.4. The van der Waals surface area contributed by atoms with Crippen LogP contribution >= 0.6 is 0 Å². The number of anilines is 2. The maximum atomic E-state index is 12.6. The van der Waals surface area contributed by atoms with Crippen LogP contribution in [0.2, 0.25) is 0 Å². The first-order valence-electron chi connectivity index (χ1n) is 10.4. The Hall–Kier alpha value is -2.90. The molecule has 4 rings (SSSR count). The molecule has 0 spiro atoms. The Kier molecular flexibility index (Phi) is 6.30. The zero-order valence-corrected chi connectivity index (χ0v) is 17.3. The third-order valence-electron chi connectivity index (χ3n) is 5.71. The monoisotopic (exact) mass is 408 g/mol. The van der Waals surface area contributed by atoms with Crippen LogP contribution in [0.25, 0.3) is 0 Å². The van der Waals surface area contributed by atoms with E-state index in [1.807, 2.05) is 12.1 Å². The van der Waals surface area contributed by atoms with Crippen LogP contribution < -0.4 is 10.2 Å². The van der Waals surface area contributed by atoms with E-state index in [1.54, 1.807) is 24.3 Å². The third-order valence-corrected chi connectivity index (χ3v) is 5.71. The summed E-state index contributed by atoms with van der Waals surface area (Å²) in [6.07, 6.45) is 0.631. The Bertz CT molecular complexity index is 892. The number of nitrogens with zero attached hydrogens (tertiary/aromatic N) is 3. The highest BCUT2D eigenvalue weighted by Gasteiger charge is 2.24. The lowest BCUT2D eigenvalue weighted by Gasteiger charge is -2.32. The van der Waals surface area contributed by atoms with Gasteiger partial charge in [-0.1, -0.05) is 18.2 Å². The van der Waals surface area contributed by atoms with Crippen LogP contribution in [-0.2, 0) is 11.2 Å². The van der Waals surface area contributed by atoms with Crippen LogP contribution in [0.5, 0.6) is 0 Å².